The number of rotatable bonds is 6. The van der Waals surface area contributed by atoms with Crippen molar-refractivity contribution in [3.8, 4) is 11.5 Å². The maximum absolute atomic E-state index is 9.93. The number of phenolic OH excluding ortho intramolecular Hbond substituents is 1. The Morgan fingerprint density at radius 2 is 1.96 bits per heavy atom. The zero-order valence-corrected chi connectivity index (χ0v) is 14.6. The van der Waals surface area contributed by atoms with Gasteiger partial charge in [0.25, 0.3) is 0 Å². The number of methoxy groups -OCH3 is 1. The first-order chi connectivity index (χ1) is 11.6. The van der Waals surface area contributed by atoms with E-state index in [0.29, 0.717) is 35.4 Å². The molecular weight excluding hydrogens is 326 g/mol. The van der Waals surface area contributed by atoms with E-state index < -0.39 is 0 Å². The average Bonchev–Trinajstić information content (AvgIpc) is 2.60. The molecule has 5 nitrogen and oxygen atoms in total. The lowest BCUT2D eigenvalue weighted by molar-refractivity contribution is 0.411. The number of benzene rings is 2. The molecular formula is C18H22ClN3O2. The molecule has 0 aliphatic carbocycles. The van der Waals surface area contributed by atoms with Crippen molar-refractivity contribution in [2.24, 2.45) is 4.99 Å². The lowest BCUT2D eigenvalue weighted by Crippen LogP contribution is -2.36. The van der Waals surface area contributed by atoms with Crippen molar-refractivity contribution >= 4 is 17.6 Å². The van der Waals surface area contributed by atoms with Crippen molar-refractivity contribution in [3.05, 3.63) is 58.6 Å². The maximum Gasteiger partial charge on any atom is 0.191 e. The van der Waals surface area contributed by atoms with E-state index in [0.717, 1.165) is 12.1 Å². The molecule has 0 heterocycles. The fourth-order valence-electron chi connectivity index (χ4n) is 2.14. The molecule has 2 aromatic carbocycles. The maximum atomic E-state index is 9.93. The predicted molar refractivity (Wildman–Crippen MR) is 97.8 cm³/mol. The largest absolute Gasteiger partial charge is 0.508 e. The van der Waals surface area contributed by atoms with Crippen LogP contribution in [-0.2, 0) is 13.1 Å². The molecule has 0 radical (unpaired) electrons. The van der Waals surface area contributed by atoms with Crippen molar-refractivity contribution in [2.45, 2.75) is 20.0 Å². The standard InChI is InChI=1S/C18H22ClN3O2/c1-3-20-18(21-11-13-6-4-5-7-16(13)19)22-12-14-10-15(24-2)8-9-17(14)23/h4-10,23H,3,11-12H2,1-2H3,(H2,20,21,22). The topological polar surface area (TPSA) is 65.9 Å². The van der Waals surface area contributed by atoms with Gasteiger partial charge in [0.05, 0.1) is 13.7 Å². The number of nitrogens with zero attached hydrogens (tertiary/aromatic N) is 1. The Kier molecular flexibility index (Phi) is 6.75. The van der Waals surface area contributed by atoms with Crippen molar-refractivity contribution in [1.29, 1.82) is 0 Å². The van der Waals surface area contributed by atoms with Crippen LogP contribution in [0.15, 0.2) is 47.5 Å². The van der Waals surface area contributed by atoms with Crippen LogP contribution in [0.5, 0.6) is 11.5 Å². The summed E-state index contributed by atoms with van der Waals surface area (Å²) < 4.78 is 5.18. The number of hydrogen-bond acceptors (Lipinski definition) is 3. The molecule has 0 atom stereocenters. The molecule has 0 bridgehead atoms. The molecule has 0 aliphatic heterocycles. The van der Waals surface area contributed by atoms with Crippen LogP contribution in [0, 0.1) is 0 Å². The van der Waals surface area contributed by atoms with E-state index in [-0.39, 0.29) is 5.75 Å². The van der Waals surface area contributed by atoms with Crippen molar-refractivity contribution < 1.29 is 9.84 Å². The van der Waals surface area contributed by atoms with Gasteiger partial charge in [-0.2, -0.15) is 0 Å². The smallest absolute Gasteiger partial charge is 0.191 e. The zero-order chi connectivity index (χ0) is 17.4. The summed E-state index contributed by atoms with van der Waals surface area (Å²) in [4.78, 5) is 4.50. The van der Waals surface area contributed by atoms with Crippen LogP contribution in [0.3, 0.4) is 0 Å². The van der Waals surface area contributed by atoms with Crippen molar-refractivity contribution in [1.82, 2.24) is 10.6 Å². The van der Waals surface area contributed by atoms with E-state index in [1.807, 2.05) is 31.2 Å². The Balaban J connectivity index is 2.06. The fraction of sp³-hybridized carbons (Fsp3) is 0.278. The van der Waals surface area contributed by atoms with E-state index >= 15 is 0 Å². The summed E-state index contributed by atoms with van der Waals surface area (Å²) in [7, 11) is 1.59. The zero-order valence-electron chi connectivity index (χ0n) is 13.8. The molecule has 0 aromatic heterocycles. The average molecular weight is 348 g/mol. The van der Waals surface area contributed by atoms with Crippen LogP contribution in [-0.4, -0.2) is 24.7 Å². The number of ether oxygens (including phenoxy) is 1. The summed E-state index contributed by atoms with van der Waals surface area (Å²) in [5, 5.41) is 17.1. The molecule has 24 heavy (non-hydrogen) atoms. The van der Waals surface area contributed by atoms with E-state index in [1.165, 1.54) is 0 Å². The number of aromatic hydroxyl groups is 1. The van der Waals surface area contributed by atoms with Gasteiger partial charge in [-0.1, -0.05) is 29.8 Å². The van der Waals surface area contributed by atoms with Gasteiger partial charge in [0.1, 0.15) is 11.5 Å². The number of halogens is 1. The Morgan fingerprint density at radius 3 is 2.67 bits per heavy atom. The minimum absolute atomic E-state index is 0.196. The number of phenols is 1. The van der Waals surface area contributed by atoms with Crippen LogP contribution in [0.25, 0.3) is 0 Å². The van der Waals surface area contributed by atoms with Gasteiger partial charge in [-0.25, -0.2) is 4.99 Å². The van der Waals surface area contributed by atoms with E-state index in [2.05, 4.69) is 15.6 Å². The van der Waals surface area contributed by atoms with Gasteiger partial charge in [-0.15, -0.1) is 0 Å². The second-order valence-corrected chi connectivity index (χ2v) is 5.54. The van der Waals surface area contributed by atoms with Gasteiger partial charge in [0.15, 0.2) is 5.96 Å². The molecule has 2 aromatic rings. The molecule has 2 rings (SSSR count). The fourth-order valence-corrected chi connectivity index (χ4v) is 2.34. The van der Waals surface area contributed by atoms with E-state index in [4.69, 9.17) is 16.3 Å². The van der Waals surface area contributed by atoms with Crippen LogP contribution in [0.2, 0.25) is 5.02 Å². The molecule has 0 saturated heterocycles. The van der Waals surface area contributed by atoms with Gasteiger partial charge in [-0.05, 0) is 36.8 Å². The molecule has 0 amide bonds. The van der Waals surface area contributed by atoms with Gasteiger partial charge >= 0.3 is 0 Å². The summed E-state index contributed by atoms with van der Waals surface area (Å²) in [6.07, 6.45) is 0. The van der Waals surface area contributed by atoms with Gasteiger partial charge in [0.2, 0.25) is 0 Å². The third-order valence-corrected chi connectivity index (χ3v) is 3.81. The summed E-state index contributed by atoms with van der Waals surface area (Å²) in [5.41, 5.74) is 1.69. The second kappa shape index (κ2) is 9.03. The number of nitrogens with one attached hydrogen (secondary N) is 2. The Labute approximate surface area is 147 Å². The summed E-state index contributed by atoms with van der Waals surface area (Å²) in [6.45, 7) is 3.63. The summed E-state index contributed by atoms with van der Waals surface area (Å²) in [5.74, 6) is 1.54. The lowest BCUT2D eigenvalue weighted by atomic mass is 10.2. The first-order valence-electron chi connectivity index (χ1n) is 7.75. The lowest BCUT2D eigenvalue weighted by Gasteiger charge is -2.12. The predicted octanol–water partition coefficient (Wildman–Crippen LogP) is 3.31. The van der Waals surface area contributed by atoms with Gasteiger partial charge < -0.3 is 20.5 Å². The monoisotopic (exact) mass is 347 g/mol. The highest BCUT2D eigenvalue weighted by molar-refractivity contribution is 6.31. The first kappa shape index (κ1) is 17.9. The Hall–Kier alpha value is -2.40. The third kappa shape index (κ3) is 5.06. The van der Waals surface area contributed by atoms with E-state index in [9.17, 15) is 5.11 Å². The highest BCUT2D eigenvalue weighted by atomic mass is 35.5. The van der Waals surface area contributed by atoms with Gasteiger partial charge in [0, 0.05) is 23.7 Å². The molecule has 6 heteroatoms. The minimum atomic E-state index is 0.196. The molecule has 128 valence electrons. The minimum Gasteiger partial charge on any atom is -0.508 e. The molecule has 3 N–H and O–H groups in total. The van der Waals surface area contributed by atoms with Crippen LogP contribution in [0.1, 0.15) is 18.1 Å². The number of hydrogen-bond donors (Lipinski definition) is 3. The normalized spacial score (nSPS) is 11.2. The van der Waals surface area contributed by atoms with Crippen molar-refractivity contribution in [2.75, 3.05) is 13.7 Å². The Bertz CT molecular complexity index is 704. The highest BCUT2D eigenvalue weighted by Gasteiger charge is 2.05. The summed E-state index contributed by atoms with van der Waals surface area (Å²) >= 11 is 6.16. The summed E-state index contributed by atoms with van der Waals surface area (Å²) in [6, 6.07) is 12.8. The SMILES string of the molecule is CCNC(=NCc1cc(OC)ccc1O)NCc1ccccc1Cl. The van der Waals surface area contributed by atoms with Crippen LogP contribution >= 0.6 is 11.6 Å². The first-order valence-corrected chi connectivity index (χ1v) is 8.13. The van der Waals surface area contributed by atoms with Crippen molar-refractivity contribution in [3.63, 3.8) is 0 Å². The highest BCUT2D eigenvalue weighted by Crippen LogP contribution is 2.23. The molecule has 0 unspecified atom stereocenters. The quantitative estimate of drug-likeness (QED) is 0.554. The number of guanidine groups is 1. The molecule has 0 aliphatic rings. The third-order valence-electron chi connectivity index (χ3n) is 3.44. The molecule has 0 spiro atoms. The van der Waals surface area contributed by atoms with Gasteiger partial charge in [-0.3, -0.25) is 0 Å². The van der Waals surface area contributed by atoms with Crippen LogP contribution < -0.4 is 15.4 Å². The molecule has 0 fully saturated rings. The number of aliphatic imine (C=N–C) groups is 1. The van der Waals surface area contributed by atoms with Crippen LogP contribution in [0.4, 0.5) is 0 Å². The van der Waals surface area contributed by atoms with E-state index in [1.54, 1.807) is 25.3 Å². The Morgan fingerprint density at radius 1 is 1.17 bits per heavy atom. The molecule has 0 saturated carbocycles. The second-order valence-electron chi connectivity index (χ2n) is 5.13.